The Hall–Kier alpha value is -2.42. The van der Waals surface area contributed by atoms with Crippen molar-refractivity contribution in [1.82, 2.24) is 10.6 Å². The van der Waals surface area contributed by atoms with E-state index in [9.17, 15) is 19.7 Å². The van der Waals surface area contributed by atoms with E-state index in [0.717, 1.165) is 11.3 Å². The smallest absolute Gasteiger partial charge is 0.338 e. The number of urea groups is 1. The molecule has 0 spiro atoms. The van der Waals surface area contributed by atoms with Gasteiger partial charge in [-0.2, -0.15) is 0 Å². The number of ether oxygens (including phenoxy) is 1. The zero-order valence-electron chi connectivity index (χ0n) is 11.3. The number of rotatable bonds is 4. The van der Waals surface area contributed by atoms with Crippen molar-refractivity contribution in [3.05, 3.63) is 38.4 Å². The summed E-state index contributed by atoms with van der Waals surface area (Å²) in [5, 5.41) is 15.8. The SMILES string of the molecule is CCOC(=O)C1=C(C)NC(=O)N[C@H]1c1ccc([N+](=O)[O-])s1. The van der Waals surface area contributed by atoms with Gasteiger partial charge in [0.2, 0.25) is 0 Å². The van der Waals surface area contributed by atoms with Gasteiger partial charge in [-0.3, -0.25) is 10.1 Å². The molecule has 9 heteroatoms. The lowest BCUT2D eigenvalue weighted by Crippen LogP contribution is -2.45. The summed E-state index contributed by atoms with van der Waals surface area (Å²) in [7, 11) is 0. The molecule has 2 amide bonds. The first-order chi connectivity index (χ1) is 9.93. The normalized spacial score (nSPS) is 18.0. The molecule has 2 rings (SSSR count). The standard InChI is InChI=1S/C12H13N3O5S/c1-3-20-11(16)9-6(2)13-12(17)14-10(9)7-4-5-8(21-7)15(18)19/h4-5,10H,3H2,1-2H3,(H2,13,14,17)/t10-/m0/s1. The van der Waals surface area contributed by atoms with Gasteiger partial charge in [0.15, 0.2) is 0 Å². The van der Waals surface area contributed by atoms with Crippen LogP contribution in [-0.2, 0) is 9.53 Å². The van der Waals surface area contributed by atoms with Crippen molar-refractivity contribution >= 4 is 28.3 Å². The number of thiophene rings is 1. The Labute approximate surface area is 123 Å². The first kappa shape index (κ1) is 15.0. The minimum Gasteiger partial charge on any atom is -0.463 e. The minimum atomic E-state index is -0.753. The van der Waals surface area contributed by atoms with Gasteiger partial charge in [-0.05, 0) is 19.9 Å². The summed E-state index contributed by atoms with van der Waals surface area (Å²) in [5.74, 6) is -0.566. The van der Waals surface area contributed by atoms with E-state index in [1.54, 1.807) is 13.8 Å². The average molecular weight is 311 g/mol. The molecule has 0 unspecified atom stereocenters. The minimum absolute atomic E-state index is 0.0568. The summed E-state index contributed by atoms with van der Waals surface area (Å²) in [6, 6.07) is 1.64. The molecule has 0 aliphatic carbocycles. The van der Waals surface area contributed by atoms with Crippen LogP contribution in [0.1, 0.15) is 24.8 Å². The van der Waals surface area contributed by atoms with E-state index in [2.05, 4.69) is 10.6 Å². The number of carbonyl (C=O) groups is 2. The van der Waals surface area contributed by atoms with Crippen LogP contribution in [0.3, 0.4) is 0 Å². The summed E-state index contributed by atoms with van der Waals surface area (Å²) < 4.78 is 4.98. The average Bonchev–Trinajstić information content (AvgIpc) is 2.87. The first-order valence-corrected chi connectivity index (χ1v) is 6.95. The van der Waals surface area contributed by atoms with Crippen LogP contribution in [0.2, 0.25) is 0 Å². The van der Waals surface area contributed by atoms with Crippen molar-refractivity contribution in [1.29, 1.82) is 0 Å². The molecule has 0 saturated heterocycles. The highest BCUT2D eigenvalue weighted by Crippen LogP contribution is 2.35. The number of allylic oxidation sites excluding steroid dienone is 1. The molecule has 1 atom stereocenters. The molecule has 0 saturated carbocycles. The maximum absolute atomic E-state index is 12.0. The van der Waals surface area contributed by atoms with Crippen LogP contribution >= 0.6 is 11.3 Å². The third-order valence-corrected chi connectivity index (χ3v) is 3.94. The van der Waals surface area contributed by atoms with E-state index < -0.39 is 23.0 Å². The number of esters is 1. The van der Waals surface area contributed by atoms with Crippen LogP contribution < -0.4 is 10.6 Å². The highest BCUT2D eigenvalue weighted by Gasteiger charge is 2.33. The molecule has 0 bridgehead atoms. The second kappa shape index (κ2) is 5.92. The molecular weight excluding hydrogens is 298 g/mol. The number of nitro groups is 1. The van der Waals surface area contributed by atoms with E-state index >= 15 is 0 Å². The molecule has 2 heterocycles. The summed E-state index contributed by atoms with van der Waals surface area (Å²) in [6.07, 6.45) is 0. The molecule has 0 fully saturated rings. The van der Waals surface area contributed by atoms with Gasteiger partial charge in [0.05, 0.1) is 23.1 Å². The van der Waals surface area contributed by atoms with Crippen LogP contribution in [0, 0.1) is 10.1 Å². The molecule has 1 aliphatic heterocycles. The van der Waals surface area contributed by atoms with Crippen LogP contribution in [-0.4, -0.2) is 23.5 Å². The summed E-state index contributed by atoms with van der Waals surface area (Å²) >= 11 is 0.907. The largest absolute Gasteiger partial charge is 0.463 e. The van der Waals surface area contributed by atoms with E-state index in [0.29, 0.717) is 10.6 Å². The van der Waals surface area contributed by atoms with Crippen molar-refractivity contribution in [3.63, 3.8) is 0 Å². The Morgan fingerprint density at radius 3 is 2.81 bits per heavy atom. The topological polar surface area (TPSA) is 111 Å². The van der Waals surface area contributed by atoms with Gasteiger partial charge < -0.3 is 15.4 Å². The van der Waals surface area contributed by atoms with Crippen molar-refractivity contribution < 1.29 is 19.2 Å². The van der Waals surface area contributed by atoms with Crippen molar-refractivity contribution in [2.45, 2.75) is 19.9 Å². The molecule has 1 aromatic rings. The van der Waals surface area contributed by atoms with Crippen LogP contribution in [0.25, 0.3) is 0 Å². The molecule has 1 aromatic heterocycles. The van der Waals surface area contributed by atoms with E-state index in [1.165, 1.54) is 12.1 Å². The number of amides is 2. The van der Waals surface area contributed by atoms with Crippen molar-refractivity contribution in [3.8, 4) is 0 Å². The lowest BCUT2D eigenvalue weighted by Gasteiger charge is -2.26. The fourth-order valence-corrected chi connectivity index (χ4v) is 2.86. The zero-order valence-corrected chi connectivity index (χ0v) is 12.2. The van der Waals surface area contributed by atoms with Crippen LogP contribution in [0.5, 0.6) is 0 Å². The van der Waals surface area contributed by atoms with Gasteiger partial charge in [-0.1, -0.05) is 11.3 Å². The third kappa shape index (κ3) is 3.02. The van der Waals surface area contributed by atoms with Gasteiger partial charge in [-0.15, -0.1) is 0 Å². The molecule has 0 aromatic carbocycles. The van der Waals surface area contributed by atoms with Crippen molar-refractivity contribution in [2.75, 3.05) is 6.61 Å². The maximum atomic E-state index is 12.0. The molecule has 8 nitrogen and oxygen atoms in total. The van der Waals surface area contributed by atoms with Gasteiger partial charge in [0, 0.05) is 16.6 Å². The number of hydrogen-bond acceptors (Lipinski definition) is 6. The second-order valence-electron chi connectivity index (χ2n) is 4.22. The summed E-state index contributed by atoms with van der Waals surface area (Å²) in [4.78, 5) is 34.4. The monoisotopic (exact) mass is 311 g/mol. The Morgan fingerprint density at radius 1 is 1.52 bits per heavy atom. The Kier molecular flexibility index (Phi) is 4.22. The van der Waals surface area contributed by atoms with E-state index in [1.807, 2.05) is 0 Å². The third-order valence-electron chi connectivity index (χ3n) is 2.84. The number of carbonyl (C=O) groups excluding carboxylic acids is 2. The quantitative estimate of drug-likeness (QED) is 0.501. The number of hydrogen-bond donors (Lipinski definition) is 2. The highest BCUT2D eigenvalue weighted by atomic mass is 32.1. The van der Waals surface area contributed by atoms with Gasteiger partial charge in [0.1, 0.15) is 0 Å². The lowest BCUT2D eigenvalue weighted by atomic mass is 10.0. The molecule has 0 radical (unpaired) electrons. The van der Waals surface area contributed by atoms with Crippen LogP contribution in [0.4, 0.5) is 9.80 Å². The van der Waals surface area contributed by atoms with E-state index in [-0.39, 0.29) is 17.2 Å². The van der Waals surface area contributed by atoms with E-state index in [4.69, 9.17) is 4.74 Å². The molecule has 2 N–H and O–H groups in total. The molecule has 21 heavy (non-hydrogen) atoms. The zero-order chi connectivity index (χ0) is 15.6. The van der Waals surface area contributed by atoms with Gasteiger partial charge in [0.25, 0.3) is 0 Å². The molecule has 112 valence electrons. The van der Waals surface area contributed by atoms with Gasteiger partial charge in [-0.25, -0.2) is 9.59 Å². The fraction of sp³-hybridized carbons (Fsp3) is 0.333. The highest BCUT2D eigenvalue weighted by molar-refractivity contribution is 7.15. The summed E-state index contributed by atoms with van der Waals surface area (Å²) in [6.45, 7) is 3.45. The predicted octanol–water partition coefficient (Wildman–Crippen LogP) is 1.85. The predicted molar refractivity (Wildman–Crippen MR) is 74.7 cm³/mol. The fourth-order valence-electron chi connectivity index (χ4n) is 1.98. The second-order valence-corrected chi connectivity index (χ2v) is 5.32. The molecular formula is C12H13N3O5S. The Morgan fingerprint density at radius 2 is 2.24 bits per heavy atom. The maximum Gasteiger partial charge on any atom is 0.338 e. The molecule has 1 aliphatic rings. The first-order valence-electron chi connectivity index (χ1n) is 6.13. The Bertz CT molecular complexity index is 637. The van der Waals surface area contributed by atoms with Crippen LogP contribution in [0.15, 0.2) is 23.4 Å². The van der Waals surface area contributed by atoms with Gasteiger partial charge >= 0.3 is 17.0 Å². The Balaban J connectivity index is 2.41. The van der Waals surface area contributed by atoms with Crippen molar-refractivity contribution in [2.24, 2.45) is 0 Å². The summed E-state index contributed by atoms with van der Waals surface area (Å²) in [5.41, 5.74) is 0.617. The number of nitrogens with zero attached hydrogens (tertiary/aromatic N) is 1. The number of nitrogens with one attached hydrogen (secondary N) is 2. The lowest BCUT2D eigenvalue weighted by molar-refractivity contribution is -0.380.